The minimum atomic E-state index is -0.976. The summed E-state index contributed by atoms with van der Waals surface area (Å²) in [6, 6.07) is 5.69. The van der Waals surface area contributed by atoms with Crippen LogP contribution in [0.2, 0.25) is 0 Å². The van der Waals surface area contributed by atoms with Gasteiger partial charge in [-0.05, 0) is 19.4 Å². The van der Waals surface area contributed by atoms with Gasteiger partial charge >= 0.3 is 0 Å². The summed E-state index contributed by atoms with van der Waals surface area (Å²) in [6.45, 7) is 4.61. The van der Waals surface area contributed by atoms with Crippen LogP contribution in [0.5, 0.6) is 5.75 Å². The van der Waals surface area contributed by atoms with Crippen molar-refractivity contribution in [3.05, 3.63) is 29.3 Å². The van der Waals surface area contributed by atoms with E-state index >= 15 is 0 Å². The zero-order chi connectivity index (χ0) is 13.5. The Morgan fingerprint density at radius 1 is 1.42 bits per heavy atom. The minimum Gasteiger partial charge on any atom is -0.493 e. The van der Waals surface area contributed by atoms with Crippen LogP contribution in [-0.2, 0) is 15.4 Å². The van der Waals surface area contributed by atoms with E-state index in [2.05, 4.69) is 12.2 Å². The summed E-state index contributed by atoms with van der Waals surface area (Å²) in [5.74, 6) is 0.0248. The number of nitrogens with one attached hydrogen (secondary N) is 2. The molecule has 0 radical (unpaired) electrons. The van der Waals surface area contributed by atoms with Crippen LogP contribution in [0.4, 0.5) is 0 Å². The molecule has 3 rings (SSSR count). The topological polar surface area (TPSA) is 63.6 Å². The second kappa shape index (κ2) is 4.51. The number of hydrogen-bond acceptors (Lipinski definition) is 4. The molecule has 5 heteroatoms. The Hall–Kier alpha value is -1.59. The fraction of sp³-hybridized carbons (Fsp3) is 0.500. The van der Waals surface area contributed by atoms with Gasteiger partial charge in [0.2, 0.25) is 0 Å². The fourth-order valence-corrected chi connectivity index (χ4v) is 2.47. The fourth-order valence-electron chi connectivity index (χ4n) is 2.47. The third-order valence-corrected chi connectivity index (χ3v) is 3.34. The number of fused-ring (bicyclic) bond motifs is 2. The highest BCUT2D eigenvalue weighted by molar-refractivity contribution is 6.03. The number of hydrogen-bond donors (Lipinski definition) is 2. The summed E-state index contributed by atoms with van der Waals surface area (Å²) < 4.78 is 17.0. The van der Waals surface area contributed by atoms with Crippen molar-refractivity contribution >= 4 is 5.84 Å². The molecule has 5 nitrogen and oxygen atoms in total. The van der Waals surface area contributed by atoms with Crippen LogP contribution in [-0.4, -0.2) is 18.7 Å². The Kier molecular flexibility index (Phi) is 2.95. The summed E-state index contributed by atoms with van der Waals surface area (Å²) in [5.41, 5.74) is 1.56. The highest BCUT2D eigenvalue weighted by Crippen LogP contribution is 2.44. The van der Waals surface area contributed by atoms with Crippen LogP contribution in [0.1, 0.15) is 37.8 Å². The molecule has 1 spiro atoms. The highest BCUT2D eigenvalue weighted by Gasteiger charge is 2.54. The van der Waals surface area contributed by atoms with E-state index in [-0.39, 0.29) is 12.1 Å². The molecule has 0 bridgehead atoms. The van der Waals surface area contributed by atoms with Gasteiger partial charge in [-0.2, -0.15) is 0 Å². The number of unbranched alkanes of at least 4 members (excludes halogenated alkanes) is 1. The van der Waals surface area contributed by atoms with Gasteiger partial charge in [0.25, 0.3) is 5.91 Å². The Morgan fingerprint density at radius 2 is 2.21 bits per heavy atom. The molecule has 1 aromatic carbocycles. The van der Waals surface area contributed by atoms with E-state index < -0.39 is 5.91 Å². The SMILES string of the molecule is CCCCOc1cccc2c1C(=N)NC21OC(C)O1. The summed E-state index contributed by atoms with van der Waals surface area (Å²) in [7, 11) is 0. The van der Waals surface area contributed by atoms with E-state index in [1.54, 1.807) is 0 Å². The first-order valence-corrected chi connectivity index (χ1v) is 6.65. The lowest BCUT2D eigenvalue weighted by atomic mass is 10.1. The molecule has 0 amide bonds. The summed E-state index contributed by atoms with van der Waals surface area (Å²) in [6.07, 6.45) is 1.83. The molecule has 0 atom stereocenters. The third kappa shape index (κ3) is 1.89. The molecule has 2 N–H and O–H groups in total. The van der Waals surface area contributed by atoms with Crippen molar-refractivity contribution < 1.29 is 14.2 Å². The van der Waals surface area contributed by atoms with Crippen LogP contribution >= 0.6 is 0 Å². The van der Waals surface area contributed by atoms with Crippen molar-refractivity contribution in [3.63, 3.8) is 0 Å². The van der Waals surface area contributed by atoms with E-state index in [9.17, 15) is 0 Å². The molecule has 2 aliphatic heterocycles. The molecule has 0 unspecified atom stereocenters. The van der Waals surface area contributed by atoms with Crippen molar-refractivity contribution in [2.75, 3.05) is 6.61 Å². The lowest BCUT2D eigenvalue weighted by Crippen LogP contribution is -2.57. The maximum atomic E-state index is 8.06. The van der Waals surface area contributed by atoms with Gasteiger partial charge in [-0.1, -0.05) is 25.5 Å². The van der Waals surface area contributed by atoms with E-state index in [1.165, 1.54) is 0 Å². The lowest BCUT2D eigenvalue weighted by Gasteiger charge is -2.43. The van der Waals surface area contributed by atoms with Crippen LogP contribution in [0.15, 0.2) is 18.2 Å². The zero-order valence-electron chi connectivity index (χ0n) is 11.2. The van der Waals surface area contributed by atoms with Crippen LogP contribution in [0.25, 0.3) is 0 Å². The largest absolute Gasteiger partial charge is 0.493 e. The number of benzene rings is 1. The molecule has 1 aromatic rings. The molecule has 19 heavy (non-hydrogen) atoms. The molecular weight excluding hydrogens is 244 g/mol. The van der Waals surface area contributed by atoms with E-state index in [0.29, 0.717) is 12.4 Å². The van der Waals surface area contributed by atoms with Crippen molar-refractivity contribution in [1.82, 2.24) is 5.32 Å². The average molecular weight is 262 g/mol. The molecule has 2 aliphatic rings. The average Bonchev–Trinajstić information content (AvgIpc) is 2.64. The molecule has 1 saturated heterocycles. The Morgan fingerprint density at radius 3 is 2.89 bits per heavy atom. The van der Waals surface area contributed by atoms with Gasteiger partial charge in [-0.3, -0.25) is 14.9 Å². The van der Waals surface area contributed by atoms with Crippen molar-refractivity contribution in [3.8, 4) is 5.75 Å². The predicted molar refractivity (Wildman–Crippen MR) is 70.1 cm³/mol. The Labute approximate surface area is 112 Å². The molecule has 2 heterocycles. The third-order valence-electron chi connectivity index (χ3n) is 3.34. The minimum absolute atomic E-state index is 0.254. The first-order chi connectivity index (χ1) is 9.16. The van der Waals surface area contributed by atoms with Gasteiger partial charge in [-0.25, -0.2) is 0 Å². The summed E-state index contributed by atoms with van der Waals surface area (Å²) >= 11 is 0. The molecular formula is C14H18N2O3. The van der Waals surface area contributed by atoms with Gasteiger partial charge in [0.1, 0.15) is 11.6 Å². The van der Waals surface area contributed by atoms with Crippen LogP contribution < -0.4 is 10.1 Å². The summed E-state index contributed by atoms with van der Waals surface area (Å²) in [4.78, 5) is 0. The summed E-state index contributed by atoms with van der Waals surface area (Å²) in [5, 5.41) is 11.0. The lowest BCUT2D eigenvalue weighted by molar-refractivity contribution is -0.461. The van der Waals surface area contributed by atoms with Gasteiger partial charge < -0.3 is 10.1 Å². The Bertz CT molecular complexity index is 509. The van der Waals surface area contributed by atoms with Crippen molar-refractivity contribution in [2.24, 2.45) is 0 Å². The van der Waals surface area contributed by atoms with Crippen LogP contribution in [0, 0.1) is 5.41 Å². The van der Waals surface area contributed by atoms with E-state index in [0.717, 1.165) is 24.0 Å². The van der Waals surface area contributed by atoms with E-state index in [4.69, 9.17) is 19.6 Å². The maximum Gasteiger partial charge on any atom is 0.284 e. The highest BCUT2D eigenvalue weighted by atomic mass is 16.9. The van der Waals surface area contributed by atoms with Gasteiger partial charge in [0, 0.05) is 5.56 Å². The normalized spacial score (nSPS) is 27.9. The van der Waals surface area contributed by atoms with Crippen molar-refractivity contribution in [1.29, 1.82) is 5.41 Å². The molecule has 0 aromatic heterocycles. The smallest absolute Gasteiger partial charge is 0.284 e. The number of amidine groups is 1. The molecule has 1 fully saturated rings. The second-order valence-electron chi connectivity index (χ2n) is 4.80. The van der Waals surface area contributed by atoms with Crippen LogP contribution in [0.3, 0.4) is 0 Å². The quantitative estimate of drug-likeness (QED) is 0.817. The van der Waals surface area contributed by atoms with Gasteiger partial charge in [0.15, 0.2) is 6.29 Å². The predicted octanol–water partition coefficient (Wildman–Crippen LogP) is 2.30. The van der Waals surface area contributed by atoms with Crippen molar-refractivity contribution in [2.45, 2.75) is 38.9 Å². The molecule has 102 valence electrons. The zero-order valence-corrected chi connectivity index (χ0v) is 11.2. The first kappa shape index (κ1) is 12.4. The number of ether oxygens (including phenoxy) is 3. The maximum absolute atomic E-state index is 8.06. The first-order valence-electron chi connectivity index (χ1n) is 6.65. The van der Waals surface area contributed by atoms with Gasteiger partial charge in [-0.15, -0.1) is 0 Å². The standard InChI is InChI=1S/C14H18N2O3/c1-3-4-8-17-11-7-5-6-10-12(11)13(15)16-14(10)18-9(2)19-14/h5-7,9H,3-4,8H2,1-2H3,(H2,15,16). The van der Waals surface area contributed by atoms with E-state index in [1.807, 2.05) is 25.1 Å². The van der Waals surface area contributed by atoms with Gasteiger partial charge in [0.05, 0.1) is 12.2 Å². The Balaban J connectivity index is 1.90. The molecule has 0 saturated carbocycles. The number of rotatable bonds is 4. The second-order valence-corrected chi connectivity index (χ2v) is 4.80. The monoisotopic (exact) mass is 262 g/mol. The molecule has 0 aliphatic carbocycles.